The normalized spacial score (nSPS) is 10.1. The first kappa shape index (κ1) is 14.8. The van der Waals surface area contributed by atoms with E-state index in [1.165, 1.54) is 0 Å². The minimum Gasteiger partial charge on any atom is -0.385 e. The number of hydrogen-bond acceptors (Lipinski definition) is 3. The Morgan fingerprint density at radius 1 is 1.25 bits per heavy atom. The Balaban J connectivity index is 2.09. The lowest BCUT2D eigenvalue weighted by Crippen LogP contribution is -2.14. The topological polar surface area (TPSA) is 54.0 Å². The van der Waals surface area contributed by atoms with Gasteiger partial charge in [0, 0.05) is 27.7 Å². The van der Waals surface area contributed by atoms with Gasteiger partial charge in [-0.15, -0.1) is 0 Å². The van der Waals surface area contributed by atoms with Crippen molar-refractivity contribution in [1.29, 1.82) is 0 Å². The van der Waals surface area contributed by atoms with Crippen LogP contribution in [0, 0.1) is 3.57 Å². The molecule has 104 valence electrons. The van der Waals surface area contributed by atoms with Crippen molar-refractivity contribution in [2.24, 2.45) is 0 Å². The summed E-state index contributed by atoms with van der Waals surface area (Å²) in [5, 5.41) is 6.09. The fraction of sp³-hybridized carbons (Fsp3) is 0.200. The number of halogens is 1. The minimum atomic E-state index is -0.202. The molecule has 0 saturated heterocycles. The molecule has 0 aliphatic carbocycles. The molecule has 2 rings (SSSR count). The number of carbonyl (C=O) groups excluding carboxylic acids is 1. The molecule has 2 N–H and O–H groups in total. The molecule has 1 amide bonds. The highest BCUT2D eigenvalue weighted by atomic mass is 127. The first-order chi connectivity index (χ1) is 9.69. The number of rotatable bonds is 5. The van der Waals surface area contributed by atoms with E-state index < -0.39 is 0 Å². The van der Waals surface area contributed by atoms with Crippen LogP contribution in [-0.2, 0) is 0 Å². The van der Waals surface area contributed by atoms with Crippen LogP contribution in [0.2, 0.25) is 0 Å². The van der Waals surface area contributed by atoms with Crippen molar-refractivity contribution in [2.75, 3.05) is 17.2 Å². The molecule has 0 aliphatic heterocycles. The third-order valence-corrected chi connectivity index (χ3v) is 3.33. The highest BCUT2D eigenvalue weighted by Crippen LogP contribution is 2.14. The predicted octanol–water partition coefficient (Wildman–Crippen LogP) is 3.76. The summed E-state index contributed by atoms with van der Waals surface area (Å²) in [7, 11) is 0. The molecule has 5 heteroatoms. The maximum Gasteiger partial charge on any atom is 0.274 e. The van der Waals surface area contributed by atoms with Crippen molar-refractivity contribution < 1.29 is 4.79 Å². The Bertz CT molecular complexity index is 601. The molecule has 1 heterocycles. The quantitative estimate of drug-likeness (QED) is 0.776. The largest absolute Gasteiger partial charge is 0.385 e. The Hall–Kier alpha value is -1.63. The van der Waals surface area contributed by atoms with E-state index in [0.29, 0.717) is 5.69 Å². The molecule has 4 nitrogen and oxygen atoms in total. The lowest BCUT2D eigenvalue weighted by Gasteiger charge is -2.08. The van der Waals surface area contributed by atoms with Gasteiger partial charge < -0.3 is 10.6 Å². The molecule has 2 aromatic rings. The zero-order chi connectivity index (χ0) is 14.4. The lowest BCUT2D eigenvalue weighted by molar-refractivity contribution is 0.102. The second-order valence-electron chi connectivity index (χ2n) is 4.32. The Kier molecular flexibility index (Phi) is 5.34. The SMILES string of the molecule is CCCNc1ccnc(C(=O)Nc2cccc(I)c2)c1. The zero-order valence-electron chi connectivity index (χ0n) is 11.2. The van der Waals surface area contributed by atoms with Crippen LogP contribution in [0.25, 0.3) is 0 Å². The van der Waals surface area contributed by atoms with Crippen LogP contribution in [0.3, 0.4) is 0 Å². The van der Waals surface area contributed by atoms with E-state index in [9.17, 15) is 4.79 Å². The molecule has 1 aromatic heterocycles. The first-order valence-electron chi connectivity index (χ1n) is 6.46. The molecule has 0 saturated carbocycles. The summed E-state index contributed by atoms with van der Waals surface area (Å²) in [6.45, 7) is 2.97. The average Bonchev–Trinajstić information content (AvgIpc) is 2.45. The summed E-state index contributed by atoms with van der Waals surface area (Å²) in [5.41, 5.74) is 2.09. The summed E-state index contributed by atoms with van der Waals surface area (Å²) < 4.78 is 1.08. The average molecular weight is 381 g/mol. The van der Waals surface area contributed by atoms with Gasteiger partial charge in [-0.3, -0.25) is 9.78 Å². The van der Waals surface area contributed by atoms with Crippen molar-refractivity contribution in [3.63, 3.8) is 0 Å². The molecule has 0 fully saturated rings. The van der Waals surface area contributed by atoms with Gasteiger partial charge in [0.15, 0.2) is 0 Å². The van der Waals surface area contributed by atoms with Crippen LogP contribution in [0.5, 0.6) is 0 Å². The molecule has 0 spiro atoms. The van der Waals surface area contributed by atoms with Gasteiger partial charge in [0.1, 0.15) is 5.69 Å². The van der Waals surface area contributed by atoms with E-state index >= 15 is 0 Å². The van der Waals surface area contributed by atoms with Crippen LogP contribution in [0.15, 0.2) is 42.6 Å². The highest BCUT2D eigenvalue weighted by Gasteiger charge is 2.08. The van der Waals surface area contributed by atoms with Crippen LogP contribution in [0.1, 0.15) is 23.8 Å². The van der Waals surface area contributed by atoms with Crippen molar-refractivity contribution in [2.45, 2.75) is 13.3 Å². The van der Waals surface area contributed by atoms with Crippen molar-refractivity contribution in [3.05, 3.63) is 51.9 Å². The second kappa shape index (κ2) is 7.23. The number of anilines is 2. The van der Waals surface area contributed by atoms with Gasteiger partial charge in [0.25, 0.3) is 5.91 Å². The summed E-state index contributed by atoms with van der Waals surface area (Å²) in [6.07, 6.45) is 2.67. The van der Waals surface area contributed by atoms with Crippen LogP contribution >= 0.6 is 22.6 Å². The van der Waals surface area contributed by atoms with Crippen LogP contribution in [0.4, 0.5) is 11.4 Å². The molecule has 0 bridgehead atoms. The molecule has 0 aliphatic rings. The lowest BCUT2D eigenvalue weighted by atomic mass is 10.2. The molecule has 1 aromatic carbocycles. The summed E-state index contributed by atoms with van der Waals surface area (Å²) >= 11 is 2.21. The highest BCUT2D eigenvalue weighted by molar-refractivity contribution is 14.1. The molecule has 0 radical (unpaired) electrons. The molecular formula is C15H16IN3O. The number of amides is 1. The monoisotopic (exact) mass is 381 g/mol. The van der Waals surface area contributed by atoms with Gasteiger partial charge in [-0.1, -0.05) is 13.0 Å². The van der Waals surface area contributed by atoms with E-state index in [2.05, 4.69) is 45.1 Å². The molecule has 0 unspecified atom stereocenters. The first-order valence-corrected chi connectivity index (χ1v) is 7.54. The number of benzene rings is 1. The summed E-state index contributed by atoms with van der Waals surface area (Å²) in [6, 6.07) is 11.3. The minimum absolute atomic E-state index is 0.202. The fourth-order valence-corrected chi connectivity index (χ4v) is 2.24. The van der Waals surface area contributed by atoms with Crippen LogP contribution < -0.4 is 10.6 Å². The number of nitrogens with zero attached hydrogens (tertiary/aromatic N) is 1. The van der Waals surface area contributed by atoms with E-state index in [4.69, 9.17) is 0 Å². The number of hydrogen-bond donors (Lipinski definition) is 2. The number of aromatic nitrogens is 1. The van der Waals surface area contributed by atoms with Gasteiger partial charge in [-0.05, 0) is 59.3 Å². The van der Waals surface area contributed by atoms with Crippen molar-refractivity contribution >= 4 is 39.9 Å². The van der Waals surface area contributed by atoms with Crippen molar-refractivity contribution in [3.8, 4) is 0 Å². The Morgan fingerprint density at radius 3 is 2.85 bits per heavy atom. The van der Waals surface area contributed by atoms with Gasteiger partial charge in [-0.2, -0.15) is 0 Å². The van der Waals surface area contributed by atoms with Gasteiger partial charge in [0.05, 0.1) is 0 Å². The van der Waals surface area contributed by atoms with E-state index in [0.717, 1.165) is 27.9 Å². The van der Waals surface area contributed by atoms with Gasteiger partial charge in [-0.25, -0.2) is 0 Å². The smallest absolute Gasteiger partial charge is 0.274 e. The summed E-state index contributed by atoms with van der Waals surface area (Å²) in [5.74, 6) is -0.202. The van der Waals surface area contributed by atoms with E-state index in [1.54, 1.807) is 12.3 Å². The predicted molar refractivity (Wildman–Crippen MR) is 90.1 cm³/mol. The maximum absolute atomic E-state index is 12.1. The Morgan fingerprint density at radius 2 is 2.10 bits per heavy atom. The Labute approximate surface area is 132 Å². The fourth-order valence-electron chi connectivity index (χ4n) is 1.70. The molecule has 0 atom stereocenters. The molecular weight excluding hydrogens is 365 g/mol. The van der Waals surface area contributed by atoms with Gasteiger partial charge >= 0.3 is 0 Å². The third kappa shape index (κ3) is 4.19. The van der Waals surface area contributed by atoms with Crippen molar-refractivity contribution in [1.82, 2.24) is 4.98 Å². The number of carbonyl (C=O) groups is 1. The van der Waals surface area contributed by atoms with Gasteiger partial charge in [0.2, 0.25) is 0 Å². The van der Waals surface area contributed by atoms with Crippen LogP contribution in [-0.4, -0.2) is 17.4 Å². The molecule has 20 heavy (non-hydrogen) atoms. The summed E-state index contributed by atoms with van der Waals surface area (Å²) in [4.78, 5) is 16.3. The number of pyridine rings is 1. The number of nitrogens with one attached hydrogen (secondary N) is 2. The second-order valence-corrected chi connectivity index (χ2v) is 5.57. The van der Waals surface area contributed by atoms with E-state index in [1.807, 2.05) is 30.3 Å². The zero-order valence-corrected chi connectivity index (χ0v) is 13.3. The third-order valence-electron chi connectivity index (χ3n) is 2.65. The van der Waals surface area contributed by atoms with E-state index in [-0.39, 0.29) is 5.91 Å². The maximum atomic E-state index is 12.1. The standard InChI is InChI=1S/C15H16IN3O/c1-2-7-17-12-6-8-18-14(10-12)15(20)19-13-5-3-4-11(16)9-13/h3-6,8-10H,2,7H2,1H3,(H,17,18)(H,19,20).